The normalized spacial score (nSPS) is 13.0. The maximum Gasteiger partial charge on any atom is 0.271 e. The van der Waals surface area contributed by atoms with E-state index in [2.05, 4.69) is 25.4 Å². The van der Waals surface area contributed by atoms with Crippen molar-refractivity contribution in [3.8, 4) is 28.8 Å². The van der Waals surface area contributed by atoms with Gasteiger partial charge in [0.25, 0.3) is 11.8 Å². The van der Waals surface area contributed by atoms with Gasteiger partial charge < -0.3 is 19.3 Å². The van der Waals surface area contributed by atoms with Crippen molar-refractivity contribution < 1.29 is 18.8 Å². The molecule has 0 atom stereocenters. The minimum absolute atomic E-state index is 0.277. The van der Waals surface area contributed by atoms with Crippen LogP contribution in [-0.4, -0.2) is 44.8 Å². The van der Waals surface area contributed by atoms with Crippen LogP contribution >= 0.6 is 0 Å². The topological polar surface area (TPSA) is 117 Å². The van der Waals surface area contributed by atoms with E-state index < -0.39 is 0 Å². The Labute approximate surface area is 189 Å². The third-order valence-electron chi connectivity index (χ3n) is 5.39. The van der Waals surface area contributed by atoms with E-state index >= 15 is 0 Å². The average molecular weight is 446 g/mol. The first-order valence-corrected chi connectivity index (χ1v) is 10.5. The van der Waals surface area contributed by atoms with Crippen molar-refractivity contribution in [2.75, 3.05) is 14.2 Å². The van der Waals surface area contributed by atoms with E-state index in [9.17, 15) is 4.79 Å². The number of aromatic nitrogens is 5. The molecule has 0 bridgehead atoms. The lowest BCUT2D eigenvalue weighted by Gasteiger charge is -2.10. The molecule has 4 aromatic rings. The van der Waals surface area contributed by atoms with Crippen molar-refractivity contribution in [1.29, 1.82) is 0 Å². The number of carbonyl (C=O) groups is 1. The molecule has 3 heterocycles. The standard InChI is InChI=1S/C23H22N6O4/c1-31-17-7-5-15(19(9-17)32-2)10-25-22(30)18-12-29(13-26-18)20-8-6-16(11-24-20)23-27-21(28-33-23)14-3-4-14/h5-9,11-14H,3-4,10H2,1-2H3,(H,25,30). The highest BCUT2D eigenvalue weighted by atomic mass is 16.5. The summed E-state index contributed by atoms with van der Waals surface area (Å²) >= 11 is 0. The summed E-state index contributed by atoms with van der Waals surface area (Å²) in [4.78, 5) is 25.7. The van der Waals surface area contributed by atoms with Crippen LogP contribution < -0.4 is 14.8 Å². The third kappa shape index (κ3) is 4.40. The van der Waals surface area contributed by atoms with Crippen LogP contribution in [0.3, 0.4) is 0 Å². The van der Waals surface area contributed by atoms with Crippen LogP contribution in [0.5, 0.6) is 11.5 Å². The van der Waals surface area contributed by atoms with Gasteiger partial charge >= 0.3 is 0 Å². The molecule has 0 radical (unpaired) electrons. The maximum absolute atomic E-state index is 12.6. The summed E-state index contributed by atoms with van der Waals surface area (Å²) in [6.45, 7) is 0.291. The fourth-order valence-corrected chi connectivity index (χ4v) is 3.35. The van der Waals surface area contributed by atoms with Crippen molar-refractivity contribution in [2.24, 2.45) is 0 Å². The molecular formula is C23H22N6O4. The summed E-state index contributed by atoms with van der Waals surface area (Å²) in [5.41, 5.74) is 1.85. The Hall–Kier alpha value is -4.21. The molecule has 0 unspecified atom stereocenters. The average Bonchev–Trinajstić information content (AvgIpc) is 3.38. The quantitative estimate of drug-likeness (QED) is 0.439. The number of nitrogens with zero attached hydrogens (tertiary/aromatic N) is 5. The minimum Gasteiger partial charge on any atom is -0.497 e. The number of carbonyl (C=O) groups excluding carboxylic acids is 1. The molecule has 0 saturated heterocycles. The van der Waals surface area contributed by atoms with E-state index in [0.717, 1.165) is 29.8 Å². The molecule has 1 N–H and O–H groups in total. The Morgan fingerprint density at radius 1 is 1.18 bits per heavy atom. The van der Waals surface area contributed by atoms with Gasteiger partial charge in [0.2, 0.25) is 0 Å². The minimum atomic E-state index is -0.304. The number of pyridine rings is 1. The number of hydrogen-bond acceptors (Lipinski definition) is 8. The Bertz CT molecular complexity index is 1280. The highest BCUT2D eigenvalue weighted by molar-refractivity contribution is 5.92. The van der Waals surface area contributed by atoms with E-state index in [1.54, 1.807) is 43.6 Å². The number of amides is 1. The zero-order chi connectivity index (χ0) is 22.8. The Morgan fingerprint density at radius 3 is 2.79 bits per heavy atom. The van der Waals surface area contributed by atoms with Gasteiger partial charge in [-0.05, 0) is 37.1 Å². The van der Waals surface area contributed by atoms with Crippen LogP contribution in [-0.2, 0) is 6.54 Å². The molecule has 1 fully saturated rings. The lowest BCUT2D eigenvalue weighted by atomic mass is 10.2. The van der Waals surface area contributed by atoms with E-state index in [-0.39, 0.29) is 11.6 Å². The number of nitrogens with one attached hydrogen (secondary N) is 1. The van der Waals surface area contributed by atoms with Gasteiger partial charge in [-0.1, -0.05) is 5.16 Å². The molecule has 0 aliphatic heterocycles. The van der Waals surface area contributed by atoms with Crippen LogP contribution in [0.15, 0.2) is 53.6 Å². The number of ether oxygens (including phenoxy) is 2. The van der Waals surface area contributed by atoms with Crippen LogP contribution in [0.4, 0.5) is 0 Å². The highest BCUT2D eigenvalue weighted by Gasteiger charge is 2.29. The monoisotopic (exact) mass is 446 g/mol. The Morgan fingerprint density at radius 2 is 2.06 bits per heavy atom. The zero-order valence-electron chi connectivity index (χ0n) is 18.2. The first kappa shape index (κ1) is 20.7. The van der Waals surface area contributed by atoms with E-state index in [4.69, 9.17) is 14.0 Å². The number of hydrogen-bond donors (Lipinski definition) is 1. The van der Waals surface area contributed by atoms with Gasteiger partial charge in [0.05, 0.1) is 19.8 Å². The molecule has 1 aliphatic rings. The molecule has 1 saturated carbocycles. The molecule has 168 valence electrons. The summed E-state index contributed by atoms with van der Waals surface area (Å²) < 4.78 is 17.6. The first-order valence-electron chi connectivity index (χ1n) is 10.5. The molecule has 5 rings (SSSR count). The number of rotatable bonds is 8. The summed E-state index contributed by atoms with van der Waals surface area (Å²) in [5.74, 6) is 3.26. The second-order valence-electron chi connectivity index (χ2n) is 7.66. The predicted octanol–water partition coefficient (Wildman–Crippen LogP) is 3.14. The van der Waals surface area contributed by atoms with Gasteiger partial charge in [-0.3, -0.25) is 9.36 Å². The SMILES string of the molecule is COc1ccc(CNC(=O)c2cn(-c3ccc(-c4nc(C5CC5)no4)cn3)cn2)c(OC)c1. The number of benzene rings is 1. The Balaban J connectivity index is 1.24. The van der Waals surface area contributed by atoms with Crippen LogP contribution in [0.25, 0.3) is 17.3 Å². The molecule has 1 aromatic carbocycles. The lowest BCUT2D eigenvalue weighted by molar-refractivity contribution is 0.0946. The summed E-state index contributed by atoms with van der Waals surface area (Å²) in [5, 5.41) is 6.88. The highest BCUT2D eigenvalue weighted by Crippen LogP contribution is 2.38. The zero-order valence-corrected chi connectivity index (χ0v) is 18.2. The fourth-order valence-electron chi connectivity index (χ4n) is 3.35. The van der Waals surface area contributed by atoms with Gasteiger partial charge in [0.15, 0.2) is 5.82 Å². The summed E-state index contributed by atoms with van der Waals surface area (Å²) in [6.07, 6.45) is 7.05. The van der Waals surface area contributed by atoms with Gasteiger partial charge in [0, 0.05) is 36.5 Å². The Kier molecular flexibility index (Phi) is 5.47. The fraction of sp³-hybridized carbons (Fsp3) is 0.261. The molecule has 0 spiro atoms. The van der Waals surface area contributed by atoms with E-state index in [1.807, 2.05) is 24.3 Å². The molecule has 1 aliphatic carbocycles. The molecule has 10 heteroatoms. The molecular weight excluding hydrogens is 424 g/mol. The number of imidazole rings is 1. The van der Waals surface area contributed by atoms with Gasteiger partial charge in [-0.25, -0.2) is 9.97 Å². The second-order valence-corrected chi connectivity index (χ2v) is 7.66. The van der Waals surface area contributed by atoms with Gasteiger partial charge in [-0.2, -0.15) is 4.98 Å². The first-order chi connectivity index (χ1) is 16.1. The smallest absolute Gasteiger partial charge is 0.271 e. The number of methoxy groups -OCH3 is 2. The van der Waals surface area contributed by atoms with Crippen molar-refractivity contribution in [3.63, 3.8) is 0 Å². The second kappa shape index (κ2) is 8.73. The molecule has 33 heavy (non-hydrogen) atoms. The molecule has 3 aromatic heterocycles. The molecule has 1 amide bonds. The predicted molar refractivity (Wildman–Crippen MR) is 117 cm³/mol. The van der Waals surface area contributed by atoms with Crippen molar-refractivity contribution >= 4 is 5.91 Å². The summed E-state index contributed by atoms with van der Waals surface area (Å²) in [6, 6.07) is 9.09. The van der Waals surface area contributed by atoms with Gasteiger partial charge in [-0.15, -0.1) is 0 Å². The van der Waals surface area contributed by atoms with E-state index in [1.165, 1.54) is 0 Å². The van der Waals surface area contributed by atoms with Gasteiger partial charge in [0.1, 0.15) is 29.3 Å². The largest absolute Gasteiger partial charge is 0.497 e. The van der Waals surface area contributed by atoms with Crippen molar-refractivity contribution in [2.45, 2.75) is 25.3 Å². The van der Waals surface area contributed by atoms with Crippen molar-refractivity contribution in [1.82, 2.24) is 30.0 Å². The van der Waals surface area contributed by atoms with E-state index in [0.29, 0.717) is 35.7 Å². The van der Waals surface area contributed by atoms with Crippen LogP contribution in [0.1, 0.15) is 40.6 Å². The van der Waals surface area contributed by atoms with Crippen LogP contribution in [0, 0.1) is 0 Å². The lowest BCUT2D eigenvalue weighted by Crippen LogP contribution is -2.23. The van der Waals surface area contributed by atoms with Crippen molar-refractivity contribution in [3.05, 3.63) is 66.1 Å². The maximum atomic E-state index is 12.6. The molecule has 10 nitrogen and oxygen atoms in total. The third-order valence-corrected chi connectivity index (χ3v) is 5.39. The van der Waals surface area contributed by atoms with Crippen LogP contribution in [0.2, 0.25) is 0 Å². The summed E-state index contributed by atoms with van der Waals surface area (Å²) in [7, 11) is 3.16.